The van der Waals surface area contributed by atoms with Gasteiger partial charge in [-0.3, -0.25) is 0 Å². The number of hydrogen-bond donors (Lipinski definition) is 0. The zero-order chi connectivity index (χ0) is 11.8. The van der Waals surface area contributed by atoms with Gasteiger partial charge in [0.15, 0.2) is 0 Å². The maximum absolute atomic E-state index is 13.2. The van der Waals surface area contributed by atoms with Crippen molar-refractivity contribution in [3.05, 3.63) is 46.5 Å². The number of nitrogens with zero attached hydrogens (tertiary/aromatic N) is 2. The van der Waals surface area contributed by atoms with Crippen molar-refractivity contribution < 1.29 is 4.39 Å². The third kappa shape index (κ3) is 1.84. The number of aryl methyl sites for hydroxylation is 1. The quantitative estimate of drug-likeness (QED) is 0.757. The van der Waals surface area contributed by atoms with Gasteiger partial charge in [0.25, 0.3) is 0 Å². The summed E-state index contributed by atoms with van der Waals surface area (Å²) in [7, 11) is 0. The third-order valence-corrected chi connectivity index (χ3v) is 3.54. The molecule has 0 bridgehead atoms. The first-order chi connectivity index (χ1) is 8.25. The molecular weight excluding hydrogens is 239 g/mol. The van der Waals surface area contributed by atoms with E-state index in [1.165, 1.54) is 12.1 Å². The molecule has 1 aliphatic rings. The minimum absolute atomic E-state index is 0.271. The fraction of sp³-hybridized carbons (Fsp3) is 0.308. The predicted molar refractivity (Wildman–Crippen MR) is 65.2 cm³/mol. The fourth-order valence-electron chi connectivity index (χ4n) is 2.29. The van der Waals surface area contributed by atoms with Gasteiger partial charge in [0.1, 0.15) is 11.0 Å². The predicted octanol–water partition coefficient (Wildman–Crippen LogP) is 3.54. The standard InChI is InChI=1S/C13H12ClFN2/c14-13-11-6-1-2-7-12(11)16-17(13)10-5-3-4-9(15)8-10/h3-5,8H,1-2,6-7H2. The summed E-state index contributed by atoms with van der Waals surface area (Å²) in [6.45, 7) is 0. The summed E-state index contributed by atoms with van der Waals surface area (Å²) in [4.78, 5) is 0. The van der Waals surface area contributed by atoms with Crippen LogP contribution in [0.15, 0.2) is 24.3 Å². The second-order valence-electron chi connectivity index (χ2n) is 4.31. The lowest BCUT2D eigenvalue weighted by atomic mass is 9.99. The maximum Gasteiger partial charge on any atom is 0.136 e. The third-order valence-electron chi connectivity index (χ3n) is 3.15. The topological polar surface area (TPSA) is 17.8 Å². The highest BCUT2D eigenvalue weighted by Gasteiger charge is 2.19. The Morgan fingerprint density at radius 3 is 2.82 bits per heavy atom. The molecule has 0 atom stereocenters. The Balaban J connectivity index is 2.12. The maximum atomic E-state index is 13.2. The first kappa shape index (κ1) is 10.8. The lowest BCUT2D eigenvalue weighted by molar-refractivity contribution is 0.625. The Morgan fingerprint density at radius 1 is 1.24 bits per heavy atom. The summed E-state index contributed by atoms with van der Waals surface area (Å²) < 4.78 is 14.8. The molecule has 0 spiro atoms. The van der Waals surface area contributed by atoms with Crippen molar-refractivity contribution in [3.63, 3.8) is 0 Å². The van der Waals surface area contributed by atoms with Crippen LogP contribution in [0.2, 0.25) is 5.15 Å². The van der Waals surface area contributed by atoms with Crippen LogP contribution < -0.4 is 0 Å². The van der Waals surface area contributed by atoms with Crippen LogP contribution in [0.25, 0.3) is 5.69 Å². The van der Waals surface area contributed by atoms with Gasteiger partial charge in [-0.1, -0.05) is 17.7 Å². The summed E-state index contributed by atoms with van der Waals surface area (Å²) >= 11 is 6.31. The van der Waals surface area contributed by atoms with Crippen LogP contribution in [-0.2, 0) is 12.8 Å². The largest absolute Gasteiger partial charge is 0.222 e. The van der Waals surface area contributed by atoms with E-state index in [2.05, 4.69) is 5.10 Å². The smallest absolute Gasteiger partial charge is 0.136 e. The van der Waals surface area contributed by atoms with Gasteiger partial charge >= 0.3 is 0 Å². The van der Waals surface area contributed by atoms with E-state index in [0.717, 1.165) is 36.9 Å². The molecule has 0 unspecified atom stereocenters. The van der Waals surface area contributed by atoms with Crippen LogP contribution in [0.3, 0.4) is 0 Å². The normalized spacial score (nSPS) is 14.7. The number of hydrogen-bond acceptors (Lipinski definition) is 1. The average molecular weight is 251 g/mol. The van der Waals surface area contributed by atoms with Crippen molar-refractivity contribution in [2.24, 2.45) is 0 Å². The van der Waals surface area contributed by atoms with Crippen LogP contribution in [0.4, 0.5) is 4.39 Å². The van der Waals surface area contributed by atoms with E-state index in [1.807, 2.05) is 6.07 Å². The molecule has 88 valence electrons. The number of rotatable bonds is 1. The molecule has 0 N–H and O–H groups in total. The summed E-state index contributed by atoms with van der Waals surface area (Å²) in [6.07, 6.45) is 4.26. The Hall–Kier alpha value is -1.35. The van der Waals surface area contributed by atoms with Gasteiger partial charge in [-0.05, 0) is 43.9 Å². The molecule has 0 fully saturated rings. The van der Waals surface area contributed by atoms with Crippen LogP contribution in [0.1, 0.15) is 24.1 Å². The van der Waals surface area contributed by atoms with Gasteiger partial charge < -0.3 is 0 Å². The zero-order valence-electron chi connectivity index (χ0n) is 9.29. The van der Waals surface area contributed by atoms with Crippen molar-refractivity contribution in [2.75, 3.05) is 0 Å². The van der Waals surface area contributed by atoms with Crippen molar-refractivity contribution >= 4 is 11.6 Å². The van der Waals surface area contributed by atoms with E-state index >= 15 is 0 Å². The monoisotopic (exact) mass is 250 g/mol. The molecule has 0 saturated carbocycles. The fourth-order valence-corrected chi connectivity index (χ4v) is 2.63. The second-order valence-corrected chi connectivity index (χ2v) is 4.67. The van der Waals surface area contributed by atoms with Crippen molar-refractivity contribution in [2.45, 2.75) is 25.7 Å². The zero-order valence-corrected chi connectivity index (χ0v) is 10.0. The highest BCUT2D eigenvalue weighted by atomic mass is 35.5. The highest BCUT2D eigenvalue weighted by Crippen LogP contribution is 2.29. The van der Waals surface area contributed by atoms with E-state index < -0.39 is 0 Å². The minimum Gasteiger partial charge on any atom is -0.222 e. The van der Waals surface area contributed by atoms with Gasteiger partial charge in [-0.25, -0.2) is 9.07 Å². The van der Waals surface area contributed by atoms with Crippen molar-refractivity contribution in [3.8, 4) is 5.69 Å². The number of halogens is 2. The molecule has 1 aliphatic carbocycles. The van der Waals surface area contributed by atoms with E-state index in [-0.39, 0.29) is 5.82 Å². The van der Waals surface area contributed by atoms with Crippen LogP contribution in [0, 0.1) is 5.82 Å². The summed E-state index contributed by atoms with van der Waals surface area (Å²) in [5.74, 6) is -0.271. The van der Waals surface area contributed by atoms with Gasteiger partial charge in [0.05, 0.1) is 11.4 Å². The molecule has 1 aromatic carbocycles. The van der Waals surface area contributed by atoms with E-state index in [4.69, 9.17) is 11.6 Å². The van der Waals surface area contributed by atoms with E-state index in [9.17, 15) is 4.39 Å². The molecule has 1 aromatic heterocycles. The Labute approximate surface area is 104 Å². The number of fused-ring (bicyclic) bond motifs is 1. The molecule has 1 heterocycles. The van der Waals surface area contributed by atoms with Gasteiger partial charge in [-0.15, -0.1) is 0 Å². The molecule has 4 heteroatoms. The average Bonchev–Trinajstić information content (AvgIpc) is 2.68. The van der Waals surface area contributed by atoms with Crippen molar-refractivity contribution in [1.29, 1.82) is 0 Å². The molecule has 0 amide bonds. The lowest BCUT2D eigenvalue weighted by Gasteiger charge is -2.07. The molecule has 2 aromatic rings. The molecule has 3 rings (SSSR count). The van der Waals surface area contributed by atoms with E-state index in [0.29, 0.717) is 10.8 Å². The molecule has 2 nitrogen and oxygen atoms in total. The van der Waals surface area contributed by atoms with Crippen LogP contribution >= 0.6 is 11.6 Å². The molecule has 17 heavy (non-hydrogen) atoms. The number of aromatic nitrogens is 2. The molecular formula is C13H12ClFN2. The van der Waals surface area contributed by atoms with Gasteiger partial charge in [0, 0.05) is 5.56 Å². The Kier molecular flexibility index (Phi) is 2.63. The summed E-state index contributed by atoms with van der Waals surface area (Å²) in [6, 6.07) is 6.35. The summed E-state index contributed by atoms with van der Waals surface area (Å²) in [5, 5.41) is 5.11. The number of benzene rings is 1. The van der Waals surface area contributed by atoms with Crippen LogP contribution in [0.5, 0.6) is 0 Å². The SMILES string of the molecule is Fc1cccc(-n2nc3c(c2Cl)CCCC3)c1. The Morgan fingerprint density at radius 2 is 2.06 bits per heavy atom. The molecule has 0 saturated heterocycles. The molecule has 0 aliphatic heterocycles. The van der Waals surface area contributed by atoms with Gasteiger partial charge in [0.2, 0.25) is 0 Å². The highest BCUT2D eigenvalue weighted by molar-refractivity contribution is 6.30. The van der Waals surface area contributed by atoms with Crippen molar-refractivity contribution in [1.82, 2.24) is 9.78 Å². The summed E-state index contributed by atoms with van der Waals surface area (Å²) in [5.41, 5.74) is 2.87. The van der Waals surface area contributed by atoms with E-state index in [1.54, 1.807) is 10.7 Å². The minimum atomic E-state index is -0.271. The molecule has 0 radical (unpaired) electrons. The lowest BCUT2D eigenvalue weighted by Crippen LogP contribution is -2.00. The first-order valence-electron chi connectivity index (χ1n) is 5.78. The second kappa shape index (κ2) is 4.15. The van der Waals surface area contributed by atoms with Gasteiger partial charge in [-0.2, -0.15) is 5.10 Å². The Bertz CT molecular complexity index is 563. The first-order valence-corrected chi connectivity index (χ1v) is 6.16. The van der Waals surface area contributed by atoms with Crippen LogP contribution in [-0.4, -0.2) is 9.78 Å².